The Hall–Kier alpha value is -1.71. The van der Waals surface area contributed by atoms with E-state index in [1.165, 1.54) is 0 Å². The van der Waals surface area contributed by atoms with Crippen molar-refractivity contribution in [1.29, 1.82) is 5.26 Å². The molecule has 0 aromatic carbocycles. The van der Waals surface area contributed by atoms with E-state index in [0.717, 1.165) is 50.3 Å². The summed E-state index contributed by atoms with van der Waals surface area (Å²) in [5, 5.41) is 30.2. The summed E-state index contributed by atoms with van der Waals surface area (Å²) in [5.74, 6) is 1.16. The zero-order valence-corrected chi connectivity index (χ0v) is 13.6. The molecule has 120 valence electrons. The maximum Gasteiger partial charge on any atom is 0.166 e. The van der Waals surface area contributed by atoms with Crippen molar-refractivity contribution in [2.75, 3.05) is 31.5 Å². The number of rotatable bonds is 5. The lowest BCUT2D eigenvalue weighted by molar-refractivity contribution is 0.102. The molecule has 2 N–H and O–H groups in total. The summed E-state index contributed by atoms with van der Waals surface area (Å²) in [7, 11) is 0. The fourth-order valence-electron chi connectivity index (χ4n) is 2.86. The van der Waals surface area contributed by atoms with Gasteiger partial charge in [-0.3, -0.25) is 0 Å². The predicted octanol–water partition coefficient (Wildman–Crippen LogP) is 1.47. The molecule has 1 aliphatic rings. The maximum absolute atomic E-state index is 9.43. The molecule has 6 heteroatoms. The number of hydrogen-bond acceptors (Lipinski definition) is 6. The first-order valence-electron chi connectivity index (χ1n) is 7.89. The summed E-state index contributed by atoms with van der Waals surface area (Å²) in [6, 6.07) is 2.22. The lowest BCUT2D eigenvalue weighted by Crippen LogP contribution is -2.39. The lowest BCUT2D eigenvalue weighted by Gasteiger charge is -2.32. The van der Waals surface area contributed by atoms with E-state index in [4.69, 9.17) is 0 Å². The van der Waals surface area contributed by atoms with Crippen molar-refractivity contribution in [2.45, 2.75) is 39.7 Å². The van der Waals surface area contributed by atoms with Gasteiger partial charge in [0.2, 0.25) is 0 Å². The van der Waals surface area contributed by atoms with Gasteiger partial charge in [0.1, 0.15) is 11.6 Å². The molecule has 0 aliphatic carbocycles. The summed E-state index contributed by atoms with van der Waals surface area (Å²) in [4.78, 5) is 2.30. The second kappa shape index (κ2) is 7.52. The highest BCUT2D eigenvalue weighted by Crippen LogP contribution is 2.21. The molecule has 0 saturated carbocycles. The van der Waals surface area contributed by atoms with E-state index in [1.54, 1.807) is 0 Å². The van der Waals surface area contributed by atoms with Crippen LogP contribution in [0.15, 0.2) is 0 Å². The highest BCUT2D eigenvalue weighted by Gasteiger charge is 2.20. The van der Waals surface area contributed by atoms with Crippen LogP contribution in [0.4, 0.5) is 5.82 Å². The summed E-state index contributed by atoms with van der Waals surface area (Å²) in [6.07, 6.45) is 1.93. The van der Waals surface area contributed by atoms with Crippen LogP contribution in [-0.4, -0.2) is 52.5 Å². The molecule has 0 bridgehead atoms. The van der Waals surface area contributed by atoms with Crippen LogP contribution in [0.1, 0.15) is 36.6 Å². The maximum atomic E-state index is 9.43. The first-order chi connectivity index (χ1) is 10.5. The van der Waals surface area contributed by atoms with Gasteiger partial charge >= 0.3 is 0 Å². The SMILES string of the molecule is Cc1nnc(NCC2CCN(CC(C)O)CC2)c(C#N)c1C. The van der Waals surface area contributed by atoms with E-state index in [9.17, 15) is 10.4 Å². The van der Waals surface area contributed by atoms with Crippen molar-refractivity contribution in [3.8, 4) is 6.07 Å². The second-order valence-corrected chi connectivity index (χ2v) is 6.22. The van der Waals surface area contributed by atoms with E-state index in [1.807, 2.05) is 20.8 Å². The Morgan fingerprint density at radius 3 is 2.64 bits per heavy atom. The molecular formula is C16H25N5O. The van der Waals surface area contributed by atoms with Gasteiger partial charge in [-0.15, -0.1) is 5.10 Å². The molecule has 6 nitrogen and oxygen atoms in total. The molecule has 1 aliphatic heterocycles. The van der Waals surface area contributed by atoms with Crippen LogP contribution in [0.3, 0.4) is 0 Å². The molecule has 1 unspecified atom stereocenters. The standard InChI is InChI=1S/C16H25N5O/c1-11(22)10-21-6-4-14(5-7-21)9-18-16-15(8-17)12(2)13(3)19-20-16/h11,14,22H,4-7,9-10H2,1-3H3,(H,18,20). The summed E-state index contributed by atoms with van der Waals surface area (Å²) in [6.45, 7) is 9.19. The van der Waals surface area contributed by atoms with Crippen molar-refractivity contribution >= 4 is 5.82 Å². The summed E-state index contributed by atoms with van der Waals surface area (Å²) < 4.78 is 0. The third-order valence-electron chi connectivity index (χ3n) is 4.35. The van der Waals surface area contributed by atoms with Gasteiger partial charge < -0.3 is 15.3 Å². The van der Waals surface area contributed by atoms with Gasteiger partial charge in [0, 0.05) is 13.1 Å². The number of likely N-dealkylation sites (tertiary alicyclic amines) is 1. The van der Waals surface area contributed by atoms with Gasteiger partial charge in [0.15, 0.2) is 5.82 Å². The van der Waals surface area contributed by atoms with Gasteiger partial charge in [0.05, 0.1) is 11.8 Å². The minimum absolute atomic E-state index is 0.265. The van der Waals surface area contributed by atoms with Crippen LogP contribution in [0, 0.1) is 31.1 Å². The summed E-state index contributed by atoms with van der Waals surface area (Å²) >= 11 is 0. The third kappa shape index (κ3) is 4.15. The molecule has 1 fully saturated rings. The number of aromatic nitrogens is 2. The molecule has 0 amide bonds. The average molecular weight is 303 g/mol. The molecule has 2 heterocycles. The molecule has 0 radical (unpaired) electrons. The van der Waals surface area contributed by atoms with Crippen LogP contribution < -0.4 is 5.32 Å². The van der Waals surface area contributed by atoms with E-state index in [-0.39, 0.29) is 6.10 Å². The molecule has 1 saturated heterocycles. The summed E-state index contributed by atoms with van der Waals surface area (Å²) in [5.41, 5.74) is 2.29. The average Bonchev–Trinajstić information content (AvgIpc) is 2.49. The molecule has 0 spiro atoms. The van der Waals surface area contributed by atoms with Crippen molar-refractivity contribution in [3.63, 3.8) is 0 Å². The Kier molecular flexibility index (Phi) is 5.69. The Morgan fingerprint density at radius 2 is 2.05 bits per heavy atom. The van der Waals surface area contributed by atoms with Gasteiger partial charge in [-0.25, -0.2) is 0 Å². The molecular weight excluding hydrogens is 278 g/mol. The van der Waals surface area contributed by atoms with Crippen molar-refractivity contribution < 1.29 is 5.11 Å². The Bertz CT molecular complexity index is 544. The van der Waals surface area contributed by atoms with Crippen LogP contribution in [0.2, 0.25) is 0 Å². The van der Waals surface area contributed by atoms with Gasteiger partial charge in [-0.1, -0.05) is 0 Å². The smallest absolute Gasteiger partial charge is 0.166 e. The van der Waals surface area contributed by atoms with Crippen molar-refractivity contribution in [3.05, 3.63) is 16.8 Å². The largest absolute Gasteiger partial charge is 0.392 e. The number of hydrogen-bond donors (Lipinski definition) is 2. The molecule has 2 rings (SSSR count). The van der Waals surface area contributed by atoms with Gasteiger partial charge in [-0.2, -0.15) is 10.4 Å². The molecule has 1 aromatic heterocycles. The number of anilines is 1. The topological polar surface area (TPSA) is 85.1 Å². The minimum atomic E-state index is -0.265. The highest BCUT2D eigenvalue weighted by molar-refractivity contribution is 5.55. The van der Waals surface area contributed by atoms with Crippen LogP contribution in [0.25, 0.3) is 0 Å². The number of β-amino-alcohol motifs (C(OH)–C–C–N with tert-alkyl or cyclic N) is 1. The first kappa shape index (κ1) is 16.7. The fourth-order valence-corrected chi connectivity index (χ4v) is 2.86. The van der Waals surface area contributed by atoms with E-state index >= 15 is 0 Å². The normalized spacial score (nSPS) is 18.0. The first-order valence-corrected chi connectivity index (χ1v) is 7.89. The Labute approximate surface area is 132 Å². The molecule has 1 atom stereocenters. The number of nitrogens with zero attached hydrogens (tertiary/aromatic N) is 4. The number of aliphatic hydroxyl groups is 1. The van der Waals surface area contributed by atoms with E-state index < -0.39 is 0 Å². The van der Waals surface area contributed by atoms with Crippen molar-refractivity contribution in [1.82, 2.24) is 15.1 Å². The van der Waals surface area contributed by atoms with E-state index in [2.05, 4.69) is 26.5 Å². The predicted molar refractivity (Wildman–Crippen MR) is 85.6 cm³/mol. The third-order valence-corrected chi connectivity index (χ3v) is 4.35. The Balaban J connectivity index is 1.88. The quantitative estimate of drug-likeness (QED) is 0.857. The zero-order valence-electron chi connectivity index (χ0n) is 13.6. The van der Waals surface area contributed by atoms with Crippen LogP contribution in [-0.2, 0) is 0 Å². The second-order valence-electron chi connectivity index (χ2n) is 6.22. The number of piperidine rings is 1. The molecule has 22 heavy (non-hydrogen) atoms. The number of nitrogens with one attached hydrogen (secondary N) is 1. The van der Waals surface area contributed by atoms with Crippen molar-refractivity contribution in [2.24, 2.45) is 5.92 Å². The number of nitriles is 1. The van der Waals surface area contributed by atoms with Crippen LogP contribution >= 0.6 is 0 Å². The van der Waals surface area contributed by atoms with Crippen LogP contribution in [0.5, 0.6) is 0 Å². The van der Waals surface area contributed by atoms with Gasteiger partial charge in [-0.05, 0) is 58.2 Å². The Morgan fingerprint density at radius 1 is 1.36 bits per heavy atom. The zero-order chi connectivity index (χ0) is 16.1. The fraction of sp³-hybridized carbons (Fsp3) is 0.688. The number of aliphatic hydroxyl groups excluding tert-OH is 1. The lowest BCUT2D eigenvalue weighted by atomic mass is 9.96. The highest BCUT2D eigenvalue weighted by atomic mass is 16.3. The van der Waals surface area contributed by atoms with Gasteiger partial charge in [0.25, 0.3) is 0 Å². The monoisotopic (exact) mass is 303 g/mol. The minimum Gasteiger partial charge on any atom is -0.392 e. The van der Waals surface area contributed by atoms with E-state index in [0.29, 0.717) is 17.3 Å². The number of aryl methyl sites for hydroxylation is 1. The molecule has 1 aromatic rings.